The molecule has 0 aliphatic heterocycles. The smallest absolute Gasteiger partial charge is 0.00737 e. The maximum atomic E-state index is 3.85. The highest BCUT2D eigenvalue weighted by molar-refractivity contribution is 5.28. The van der Waals surface area contributed by atoms with Gasteiger partial charge in [0.2, 0.25) is 0 Å². The topological polar surface area (TPSA) is 0 Å². The Bertz CT molecular complexity index is 494. The fraction of sp³-hybridized carbons (Fsp3) is 0.500. The average Bonchev–Trinajstić information content (AvgIpc) is 2.95. The van der Waals surface area contributed by atoms with Crippen molar-refractivity contribution in [1.82, 2.24) is 0 Å². The molecule has 0 bridgehead atoms. The highest BCUT2D eigenvalue weighted by atomic mass is 14.6. The molecule has 2 aliphatic rings. The monoisotopic (exact) mass is 266 g/mol. The second kappa shape index (κ2) is 5.24. The van der Waals surface area contributed by atoms with E-state index in [9.17, 15) is 0 Å². The van der Waals surface area contributed by atoms with E-state index in [0.717, 1.165) is 11.8 Å². The third-order valence-corrected chi connectivity index (χ3v) is 5.79. The molecule has 2 fully saturated rings. The Morgan fingerprint density at radius 1 is 1.10 bits per heavy atom. The molecule has 3 rings (SSSR count). The van der Waals surface area contributed by atoms with Crippen molar-refractivity contribution in [2.45, 2.75) is 39.0 Å². The van der Waals surface area contributed by atoms with Crippen LogP contribution in [-0.4, -0.2) is 0 Å². The van der Waals surface area contributed by atoms with Gasteiger partial charge in [-0.05, 0) is 47.5 Å². The first kappa shape index (κ1) is 13.7. The predicted molar refractivity (Wildman–Crippen MR) is 86.6 cm³/mol. The predicted octanol–water partition coefficient (Wildman–Crippen LogP) is 5.58. The first-order valence-corrected chi connectivity index (χ1v) is 8.00. The van der Waals surface area contributed by atoms with E-state index in [4.69, 9.17) is 0 Å². The molecule has 0 aromatic heterocycles. The summed E-state index contributed by atoms with van der Waals surface area (Å²) in [5.41, 5.74) is 1.89. The summed E-state index contributed by atoms with van der Waals surface area (Å²) in [4.78, 5) is 0. The molecule has 0 spiro atoms. The van der Waals surface area contributed by atoms with E-state index >= 15 is 0 Å². The molecule has 0 heteroatoms. The number of hydrogen-bond donors (Lipinski definition) is 0. The largest absolute Gasteiger partial charge is 0.0991 e. The second-order valence-electron chi connectivity index (χ2n) is 7.11. The Kier molecular flexibility index (Phi) is 3.58. The van der Waals surface area contributed by atoms with Crippen LogP contribution in [0.2, 0.25) is 0 Å². The van der Waals surface area contributed by atoms with Gasteiger partial charge in [-0.3, -0.25) is 0 Å². The van der Waals surface area contributed by atoms with Gasteiger partial charge in [-0.25, -0.2) is 0 Å². The molecule has 0 radical (unpaired) electrons. The van der Waals surface area contributed by atoms with Crippen LogP contribution < -0.4 is 0 Å². The van der Waals surface area contributed by atoms with E-state index in [1.165, 1.54) is 19.3 Å². The quantitative estimate of drug-likeness (QED) is 0.626. The first-order chi connectivity index (χ1) is 9.66. The van der Waals surface area contributed by atoms with Crippen molar-refractivity contribution in [3.8, 4) is 0 Å². The zero-order chi connectivity index (χ0) is 14.2. The molecule has 106 valence electrons. The molecule has 1 aromatic carbocycles. The number of benzene rings is 1. The number of allylic oxidation sites excluding steroid dienone is 3. The Morgan fingerprint density at radius 3 is 2.50 bits per heavy atom. The van der Waals surface area contributed by atoms with Gasteiger partial charge in [0.25, 0.3) is 0 Å². The summed E-state index contributed by atoms with van der Waals surface area (Å²) in [6.45, 7) is 8.79. The van der Waals surface area contributed by atoms with Gasteiger partial charge < -0.3 is 0 Å². The first-order valence-electron chi connectivity index (χ1n) is 8.00. The van der Waals surface area contributed by atoms with Crippen LogP contribution in [0.15, 0.2) is 55.1 Å². The van der Waals surface area contributed by atoms with E-state index < -0.39 is 0 Å². The van der Waals surface area contributed by atoms with Gasteiger partial charge >= 0.3 is 0 Å². The minimum atomic E-state index is 0.344. The van der Waals surface area contributed by atoms with Gasteiger partial charge in [0.1, 0.15) is 0 Å². The van der Waals surface area contributed by atoms with E-state index in [2.05, 4.69) is 62.9 Å². The van der Waals surface area contributed by atoms with E-state index in [1.54, 1.807) is 5.56 Å². The lowest BCUT2D eigenvalue weighted by Gasteiger charge is -2.34. The van der Waals surface area contributed by atoms with Crippen molar-refractivity contribution in [3.05, 3.63) is 60.7 Å². The maximum absolute atomic E-state index is 3.85. The minimum Gasteiger partial charge on any atom is -0.0991 e. The van der Waals surface area contributed by atoms with Crippen LogP contribution >= 0.6 is 0 Å². The van der Waals surface area contributed by atoms with Crippen LogP contribution in [-0.2, 0) is 0 Å². The minimum absolute atomic E-state index is 0.344. The van der Waals surface area contributed by atoms with Crippen LogP contribution in [0.25, 0.3) is 0 Å². The maximum Gasteiger partial charge on any atom is -0.00737 e. The van der Waals surface area contributed by atoms with Crippen molar-refractivity contribution in [1.29, 1.82) is 0 Å². The van der Waals surface area contributed by atoms with Gasteiger partial charge in [-0.1, -0.05) is 75.4 Å². The van der Waals surface area contributed by atoms with Crippen molar-refractivity contribution in [2.24, 2.45) is 23.2 Å². The third kappa shape index (κ3) is 2.06. The summed E-state index contributed by atoms with van der Waals surface area (Å²) in [5.74, 6) is 3.13. The van der Waals surface area contributed by atoms with Crippen LogP contribution in [0.1, 0.15) is 44.6 Å². The zero-order valence-corrected chi connectivity index (χ0v) is 12.8. The molecule has 0 nitrogen and oxygen atoms in total. The van der Waals surface area contributed by atoms with Gasteiger partial charge in [-0.15, -0.1) is 0 Å². The lowest BCUT2D eigenvalue weighted by Crippen LogP contribution is -2.25. The molecule has 0 heterocycles. The second-order valence-corrected chi connectivity index (χ2v) is 7.11. The third-order valence-electron chi connectivity index (χ3n) is 5.79. The summed E-state index contributed by atoms with van der Waals surface area (Å²) in [6.07, 6.45) is 10.7. The highest BCUT2D eigenvalue weighted by Crippen LogP contribution is 2.64. The summed E-state index contributed by atoms with van der Waals surface area (Å²) in [6, 6.07) is 11.2. The Labute approximate surface area is 123 Å². The molecule has 2 aliphatic carbocycles. The van der Waals surface area contributed by atoms with Crippen molar-refractivity contribution >= 4 is 0 Å². The van der Waals surface area contributed by atoms with Crippen LogP contribution in [0.5, 0.6) is 0 Å². The van der Waals surface area contributed by atoms with Crippen molar-refractivity contribution in [3.63, 3.8) is 0 Å². The fourth-order valence-electron chi connectivity index (χ4n) is 5.11. The molecule has 4 unspecified atom stereocenters. The highest BCUT2D eigenvalue weighted by Gasteiger charge is 2.55. The lowest BCUT2D eigenvalue weighted by molar-refractivity contribution is 0.238. The molecule has 1 aromatic rings. The molecule has 2 saturated carbocycles. The zero-order valence-electron chi connectivity index (χ0n) is 12.8. The SMILES string of the molecule is C=C/C=C/C1C2CCCC2C(c2ccccc2)C1(C)C. The normalized spacial score (nSPS) is 35.3. The molecule has 0 saturated heterocycles. The van der Waals surface area contributed by atoms with Crippen LogP contribution in [0.3, 0.4) is 0 Å². The summed E-state index contributed by atoms with van der Waals surface area (Å²) in [7, 11) is 0. The van der Waals surface area contributed by atoms with E-state index in [1.807, 2.05) is 6.08 Å². The van der Waals surface area contributed by atoms with Crippen molar-refractivity contribution in [2.75, 3.05) is 0 Å². The molecule has 20 heavy (non-hydrogen) atoms. The van der Waals surface area contributed by atoms with E-state index in [0.29, 0.717) is 17.3 Å². The fourth-order valence-corrected chi connectivity index (χ4v) is 5.11. The number of rotatable bonds is 3. The Balaban J connectivity index is 2.01. The Morgan fingerprint density at radius 2 is 1.80 bits per heavy atom. The van der Waals surface area contributed by atoms with Gasteiger partial charge in [-0.2, -0.15) is 0 Å². The lowest BCUT2D eigenvalue weighted by atomic mass is 9.70. The Hall–Kier alpha value is -1.30. The molecular weight excluding hydrogens is 240 g/mol. The molecular formula is C20H26. The van der Waals surface area contributed by atoms with Gasteiger partial charge in [0, 0.05) is 0 Å². The molecule has 4 atom stereocenters. The summed E-state index contributed by atoms with van der Waals surface area (Å²) < 4.78 is 0. The van der Waals surface area contributed by atoms with Crippen LogP contribution in [0.4, 0.5) is 0 Å². The van der Waals surface area contributed by atoms with E-state index in [-0.39, 0.29) is 0 Å². The van der Waals surface area contributed by atoms with Crippen molar-refractivity contribution < 1.29 is 0 Å². The van der Waals surface area contributed by atoms with Gasteiger partial charge in [0.05, 0.1) is 0 Å². The van der Waals surface area contributed by atoms with Gasteiger partial charge in [0.15, 0.2) is 0 Å². The molecule has 0 amide bonds. The average molecular weight is 266 g/mol. The standard InChI is InChI=1S/C20H26/c1-4-5-14-18-16-12-9-13-17(16)19(20(18,2)3)15-10-7-6-8-11-15/h4-8,10-11,14,16-19H,1,9,12-13H2,2-3H3/b14-5+. The molecule has 0 N–H and O–H groups in total. The summed E-state index contributed by atoms with van der Waals surface area (Å²) >= 11 is 0. The van der Waals surface area contributed by atoms with Crippen LogP contribution in [0, 0.1) is 23.2 Å². The number of hydrogen-bond acceptors (Lipinski definition) is 0. The summed E-state index contributed by atoms with van der Waals surface area (Å²) in [5, 5.41) is 0. The number of fused-ring (bicyclic) bond motifs is 1.